The summed E-state index contributed by atoms with van der Waals surface area (Å²) in [6.45, 7) is 0. The minimum absolute atomic E-state index is 0. The maximum Gasteiger partial charge on any atom is 2.00 e. The molecule has 10 nitrogen and oxygen atoms in total. The van der Waals surface area contributed by atoms with Gasteiger partial charge in [0.25, 0.3) is 0 Å². The molecule has 0 heterocycles. The Hall–Kier alpha value is 1.46. The van der Waals surface area contributed by atoms with Crippen LogP contribution in [0.5, 0.6) is 0 Å². The monoisotopic (exact) mass is 355 g/mol. The molecule has 0 aromatic carbocycles. The van der Waals surface area contributed by atoms with Gasteiger partial charge in [0, 0.05) is 0 Å². The molecule has 0 saturated carbocycles. The molecule has 12 heteroatoms. The molecule has 0 atom stereocenters. The van der Waals surface area contributed by atoms with Gasteiger partial charge in [0.15, 0.2) is 0 Å². The normalized spacial score (nSPS) is 0. The van der Waals surface area contributed by atoms with Gasteiger partial charge < -0.3 is 58.3 Å². The SMILES string of the molecule is Cl.N.O.O.O.O.O.O.O.O.O.[Ba+2].[H-].[H-]. The molecule has 0 aromatic heterocycles. The largest absolute Gasteiger partial charge is 2.00 e. The fourth-order valence-electron chi connectivity index (χ4n) is 0. The first-order valence-corrected chi connectivity index (χ1v) is 0. The summed E-state index contributed by atoms with van der Waals surface area (Å²) in [6.07, 6.45) is 0. The maximum absolute atomic E-state index is 0. The molecule has 0 aliphatic carbocycles. The number of hydrogen-bond donors (Lipinski definition) is 1. The molecular weight excluding hydrogens is 331 g/mol. The van der Waals surface area contributed by atoms with Gasteiger partial charge in [-0.05, 0) is 0 Å². The van der Waals surface area contributed by atoms with Crippen molar-refractivity contribution in [2.45, 2.75) is 0 Å². The van der Waals surface area contributed by atoms with Crippen molar-refractivity contribution in [2.24, 2.45) is 0 Å². The van der Waals surface area contributed by atoms with Gasteiger partial charge in [0.1, 0.15) is 0 Å². The van der Waals surface area contributed by atoms with Crippen molar-refractivity contribution in [3.8, 4) is 0 Å². The van der Waals surface area contributed by atoms with Crippen LogP contribution in [0.25, 0.3) is 0 Å². The van der Waals surface area contributed by atoms with Crippen LogP contribution >= 0.6 is 12.4 Å². The number of hydrogen-bond acceptors (Lipinski definition) is 1. The minimum atomic E-state index is 0. The molecule has 0 bridgehead atoms. The van der Waals surface area contributed by atoms with Crippen molar-refractivity contribution in [3.05, 3.63) is 0 Å². The summed E-state index contributed by atoms with van der Waals surface area (Å²) in [7, 11) is 0. The standard InChI is InChI=1S/Ba.ClH.H3N.9H2O.2H/h;1H;1H3;9*1H2;;/q+2;;;;;;;;;;;;2*-1. The van der Waals surface area contributed by atoms with Crippen LogP contribution in [0.15, 0.2) is 0 Å². The zero-order chi connectivity index (χ0) is 0. The van der Waals surface area contributed by atoms with Crippen LogP contribution in [-0.4, -0.2) is 98.2 Å². The Morgan fingerprint density at radius 3 is 0.417 bits per heavy atom. The Labute approximate surface area is 119 Å². The van der Waals surface area contributed by atoms with Crippen molar-refractivity contribution in [2.75, 3.05) is 0 Å². The second-order valence-electron chi connectivity index (χ2n) is 0. The van der Waals surface area contributed by atoms with Gasteiger partial charge in [-0.1, -0.05) is 0 Å². The van der Waals surface area contributed by atoms with E-state index in [2.05, 4.69) is 0 Å². The first-order valence-electron chi connectivity index (χ1n) is 0. The predicted molar refractivity (Wildman–Crippen MR) is 52.8 cm³/mol. The van der Waals surface area contributed by atoms with E-state index < -0.39 is 0 Å². The fraction of sp³-hybridized carbons (Fsp3) is 0. The third-order valence-electron chi connectivity index (χ3n) is 0. The molecule has 0 saturated heterocycles. The first kappa shape index (κ1) is 979. The molecule has 0 fully saturated rings. The second kappa shape index (κ2) is 766. The fourth-order valence-corrected chi connectivity index (χ4v) is 0. The van der Waals surface area contributed by atoms with Crippen molar-refractivity contribution >= 4 is 61.3 Å². The molecule has 0 aromatic rings. The van der Waals surface area contributed by atoms with Crippen molar-refractivity contribution in [1.29, 1.82) is 0 Å². The topological polar surface area (TPSA) is 318 Å². The van der Waals surface area contributed by atoms with E-state index in [1.807, 2.05) is 0 Å². The third kappa shape index (κ3) is 587. The Kier molecular flexibility index (Phi) is 62500. The summed E-state index contributed by atoms with van der Waals surface area (Å²) in [6, 6.07) is 0. The molecule has 0 aliphatic rings. The van der Waals surface area contributed by atoms with E-state index in [9.17, 15) is 0 Å². The minimum Gasteiger partial charge on any atom is -1.00 e. The molecule has 12 heavy (non-hydrogen) atoms. The van der Waals surface area contributed by atoms with E-state index in [0.29, 0.717) is 0 Å². The number of rotatable bonds is 0. The Morgan fingerprint density at radius 2 is 0.417 bits per heavy atom. The van der Waals surface area contributed by atoms with Crippen LogP contribution in [0.1, 0.15) is 2.85 Å². The summed E-state index contributed by atoms with van der Waals surface area (Å²) in [4.78, 5) is 0. The molecule has 0 radical (unpaired) electrons. The van der Waals surface area contributed by atoms with Gasteiger partial charge in [-0.2, -0.15) is 0 Å². The molecule has 0 unspecified atom stereocenters. The first-order chi connectivity index (χ1) is 0. The maximum atomic E-state index is 0. The molecule has 0 spiro atoms. The van der Waals surface area contributed by atoms with Crippen molar-refractivity contribution in [1.82, 2.24) is 6.15 Å². The van der Waals surface area contributed by atoms with E-state index in [-0.39, 0.29) is 120 Å². The van der Waals surface area contributed by atoms with E-state index in [1.165, 1.54) is 0 Å². The number of halogens is 1. The Morgan fingerprint density at radius 1 is 0.417 bits per heavy atom. The average Bonchev–Trinajstić information content (AvgIpc) is 0. The molecule has 0 amide bonds. The molecule has 92 valence electrons. The van der Waals surface area contributed by atoms with Gasteiger partial charge in [-0.15, -0.1) is 12.4 Å². The summed E-state index contributed by atoms with van der Waals surface area (Å²) in [5.41, 5.74) is 0. The van der Waals surface area contributed by atoms with Crippen LogP contribution in [0, 0.1) is 0 Å². The van der Waals surface area contributed by atoms with Gasteiger partial charge in [0.05, 0.1) is 0 Å². The summed E-state index contributed by atoms with van der Waals surface area (Å²) < 4.78 is 0. The molecule has 0 rings (SSSR count). The van der Waals surface area contributed by atoms with Gasteiger partial charge in [-0.25, -0.2) is 0 Å². The van der Waals surface area contributed by atoms with E-state index in [1.54, 1.807) is 0 Å². The van der Waals surface area contributed by atoms with E-state index in [0.717, 1.165) is 0 Å². The van der Waals surface area contributed by atoms with Gasteiger partial charge in [0.2, 0.25) is 0 Å². The van der Waals surface area contributed by atoms with Crippen LogP contribution in [-0.2, 0) is 0 Å². The van der Waals surface area contributed by atoms with Crippen LogP contribution in [0.2, 0.25) is 0 Å². The Bertz CT molecular complexity index is 22.8. The molecule has 0 aliphatic heterocycles. The molecule has 21 N–H and O–H groups in total. The quantitative estimate of drug-likeness (QED) is 0.406. The van der Waals surface area contributed by atoms with Crippen molar-refractivity contribution < 1.29 is 52.1 Å². The molecular formula is H24BaClNO9. The zero-order valence-corrected chi connectivity index (χ0v) is 11.6. The van der Waals surface area contributed by atoms with E-state index >= 15 is 0 Å². The summed E-state index contributed by atoms with van der Waals surface area (Å²) >= 11 is 0. The summed E-state index contributed by atoms with van der Waals surface area (Å²) in [5, 5.41) is 0. The van der Waals surface area contributed by atoms with E-state index in [4.69, 9.17) is 0 Å². The van der Waals surface area contributed by atoms with Gasteiger partial charge >= 0.3 is 48.9 Å². The van der Waals surface area contributed by atoms with Crippen LogP contribution < -0.4 is 6.15 Å². The van der Waals surface area contributed by atoms with Crippen LogP contribution in [0.4, 0.5) is 0 Å². The average molecular weight is 355 g/mol. The predicted octanol–water partition coefficient (Wildman–Crippen LogP) is -6.99. The second-order valence-corrected chi connectivity index (χ2v) is 0. The van der Waals surface area contributed by atoms with Gasteiger partial charge in [-0.3, -0.25) is 0 Å². The smallest absolute Gasteiger partial charge is 1.00 e. The summed E-state index contributed by atoms with van der Waals surface area (Å²) in [5.74, 6) is 0. The third-order valence-corrected chi connectivity index (χ3v) is 0. The Balaban J connectivity index is 0. The van der Waals surface area contributed by atoms with Crippen LogP contribution in [0.3, 0.4) is 0 Å². The van der Waals surface area contributed by atoms with Crippen molar-refractivity contribution in [3.63, 3.8) is 0 Å². The zero-order valence-electron chi connectivity index (χ0n) is 8.32.